The number of amides is 2. The molecular weight excluding hydrogens is 394 g/mol. The fourth-order valence-electron chi connectivity index (χ4n) is 4.50. The summed E-state index contributed by atoms with van der Waals surface area (Å²) in [5, 5.41) is 6.87. The summed E-state index contributed by atoms with van der Waals surface area (Å²) in [4.78, 5) is 17.4. The van der Waals surface area contributed by atoms with Crippen LogP contribution in [-0.4, -0.2) is 35.8 Å². The number of carbonyl (C=O) groups excluding carboxylic acids is 1. The minimum absolute atomic E-state index is 0.119. The lowest BCUT2D eigenvalue weighted by Gasteiger charge is -2.17. The maximum Gasteiger partial charge on any atom is 0.333 e. The van der Waals surface area contributed by atoms with Crippen molar-refractivity contribution in [2.24, 2.45) is 0 Å². The molecule has 3 heterocycles. The molecule has 1 aliphatic heterocycles. The van der Waals surface area contributed by atoms with Crippen LogP contribution in [0.1, 0.15) is 54.6 Å². The quantitative estimate of drug-likeness (QED) is 0.790. The fraction of sp³-hybridized carbons (Fsp3) is 0.526. The molecule has 2 aliphatic carbocycles. The first kappa shape index (κ1) is 18.4. The third-order valence-corrected chi connectivity index (χ3v) is 7.23. The van der Waals surface area contributed by atoms with Crippen LogP contribution >= 0.6 is 0 Å². The number of aromatic nitrogens is 3. The number of carbonyl (C=O) groups is 1. The van der Waals surface area contributed by atoms with Gasteiger partial charge in [0.1, 0.15) is 0 Å². The van der Waals surface area contributed by atoms with Crippen molar-refractivity contribution >= 4 is 21.7 Å². The summed E-state index contributed by atoms with van der Waals surface area (Å²) >= 11 is 0. The van der Waals surface area contributed by atoms with Gasteiger partial charge in [-0.1, -0.05) is 6.92 Å². The van der Waals surface area contributed by atoms with Crippen molar-refractivity contribution in [2.75, 3.05) is 11.9 Å². The Kier molecular flexibility index (Phi) is 4.27. The molecule has 0 saturated heterocycles. The first-order valence-corrected chi connectivity index (χ1v) is 11.5. The van der Waals surface area contributed by atoms with Gasteiger partial charge in [0.05, 0.1) is 18.5 Å². The predicted octanol–water partition coefficient (Wildman–Crippen LogP) is 2.11. The number of aryl methyl sites for hydroxylation is 2. The molecule has 154 valence electrons. The van der Waals surface area contributed by atoms with Crippen LogP contribution in [-0.2, 0) is 35.8 Å². The Balaban J connectivity index is 1.42. The van der Waals surface area contributed by atoms with Gasteiger partial charge in [-0.25, -0.2) is 22.6 Å². The smallest absolute Gasteiger partial charge is 0.333 e. The fourth-order valence-corrected chi connectivity index (χ4v) is 5.48. The summed E-state index contributed by atoms with van der Waals surface area (Å²) in [6.07, 6.45) is 6.54. The zero-order chi connectivity index (χ0) is 20.2. The molecule has 9 nitrogen and oxygen atoms in total. The van der Waals surface area contributed by atoms with Gasteiger partial charge in [0.15, 0.2) is 4.90 Å². The van der Waals surface area contributed by atoms with E-state index >= 15 is 0 Å². The number of nitrogens with zero attached hydrogens (tertiary/aromatic N) is 3. The van der Waals surface area contributed by atoms with E-state index < -0.39 is 16.1 Å². The van der Waals surface area contributed by atoms with E-state index in [1.165, 1.54) is 10.9 Å². The van der Waals surface area contributed by atoms with Gasteiger partial charge in [0.2, 0.25) is 5.88 Å². The van der Waals surface area contributed by atoms with Crippen molar-refractivity contribution < 1.29 is 17.9 Å². The standard InChI is InChI=1S/C19H23N5O4S/c1-11-6-7-13-16(11)21-14-5-2-4-12(14)17(13)22-19(25)23-29(26,27)15-10-20-24-8-3-9-28-18(15)24/h10-11H,2-9H2,1H3,(H2,21,22,23,25)/t11-/m1/s1. The average molecular weight is 417 g/mol. The van der Waals surface area contributed by atoms with E-state index in [2.05, 4.69) is 22.1 Å². The monoisotopic (exact) mass is 417 g/mol. The molecular formula is C19H23N5O4S. The van der Waals surface area contributed by atoms with E-state index in [4.69, 9.17) is 9.72 Å². The molecule has 0 radical (unpaired) electrons. The lowest BCUT2D eigenvalue weighted by atomic mass is 10.0. The van der Waals surface area contributed by atoms with Gasteiger partial charge in [0, 0.05) is 24.4 Å². The Morgan fingerprint density at radius 3 is 2.97 bits per heavy atom. The molecule has 29 heavy (non-hydrogen) atoms. The molecule has 0 spiro atoms. The van der Waals surface area contributed by atoms with Gasteiger partial charge in [-0.15, -0.1) is 0 Å². The van der Waals surface area contributed by atoms with Crippen LogP contribution in [0.3, 0.4) is 0 Å². The highest BCUT2D eigenvalue weighted by molar-refractivity contribution is 7.90. The first-order chi connectivity index (χ1) is 13.9. The normalized spacial score (nSPS) is 19.8. The number of pyridine rings is 1. The zero-order valence-electron chi connectivity index (χ0n) is 16.2. The summed E-state index contributed by atoms with van der Waals surface area (Å²) in [6.45, 7) is 3.15. The zero-order valence-corrected chi connectivity index (χ0v) is 17.0. The summed E-state index contributed by atoms with van der Waals surface area (Å²) in [7, 11) is -4.10. The maximum atomic E-state index is 12.8. The van der Waals surface area contributed by atoms with Gasteiger partial charge < -0.3 is 10.1 Å². The Morgan fingerprint density at radius 1 is 1.24 bits per heavy atom. The highest BCUT2D eigenvalue weighted by Crippen LogP contribution is 2.41. The van der Waals surface area contributed by atoms with Crippen molar-refractivity contribution in [3.63, 3.8) is 0 Å². The Hall–Kier alpha value is -2.62. The summed E-state index contributed by atoms with van der Waals surface area (Å²) in [5.41, 5.74) is 4.87. The molecule has 5 rings (SSSR count). The molecule has 3 aliphatic rings. The van der Waals surface area contributed by atoms with Crippen molar-refractivity contribution in [2.45, 2.75) is 62.8 Å². The van der Waals surface area contributed by atoms with Crippen molar-refractivity contribution in [1.82, 2.24) is 19.5 Å². The predicted molar refractivity (Wildman–Crippen MR) is 105 cm³/mol. The molecule has 2 aromatic heterocycles. The molecule has 1 atom stereocenters. The summed E-state index contributed by atoms with van der Waals surface area (Å²) < 4.78 is 34.6. The number of hydrogen-bond acceptors (Lipinski definition) is 6. The summed E-state index contributed by atoms with van der Waals surface area (Å²) in [5.74, 6) is 0.524. The Morgan fingerprint density at radius 2 is 2.10 bits per heavy atom. The lowest BCUT2D eigenvalue weighted by molar-refractivity contribution is 0.224. The van der Waals surface area contributed by atoms with E-state index in [-0.39, 0.29) is 10.8 Å². The van der Waals surface area contributed by atoms with Crippen LogP contribution in [0.15, 0.2) is 11.1 Å². The van der Waals surface area contributed by atoms with Crippen LogP contribution in [0.5, 0.6) is 5.88 Å². The summed E-state index contributed by atoms with van der Waals surface area (Å²) in [6, 6.07) is -0.775. The second kappa shape index (κ2) is 6.72. The first-order valence-electron chi connectivity index (χ1n) is 10.0. The number of anilines is 1. The Bertz CT molecular complexity index is 1110. The van der Waals surface area contributed by atoms with Gasteiger partial charge in [-0.3, -0.25) is 4.98 Å². The number of ether oxygens (including phenoxy) is 1. The van der Waals surface area contributed by atoms with Crippen LogP contribution in [0.2, 0.25) is 0 Å². The number of hydrogen-bond donors (Lipinski definition) is 2. The van der Waals surface area contributed by atoms with Gasteiger partial charge >= 0.3 is 6.03 Å². The third kappa shape index (κ3) is 3.06. The number of fused-ring (bicyclic) bond motifs is 3. The van der Waals surface area contributed by atoms with Crippen LogP contribution in [0, 0.1) is 0 Å². The second-order valence-corrected chi connectivity index (χ2v) is 9.52. The lowest BCUT2D eigenvalue weighted by Crippen LogP contribution is -2.35. The minimum Gasteiger partial charge on any atom is -0.477 e. The van der Waals surface area contributed by atoms with E-state index in [1.54, 1.807) is 0 Å². The molecule has 0 bridgehead atoms. The van der Waals surface area contributed by atoms with Crippen molar-refractivity contribution in [3.8, 4) is 5.88 Å². The molecule has 0 saturated carbocycles. The number of urea groups is 1. The largest absolute Gasteiger partial charge is 0.477 e. The molecule has 0 unspecified atom stereocenters. The molecule has 0 fully saturated rings. The number of rotatable bonds is 3. The van der Waals surface area contributed by atoms with Gasteiger partial charge in [-0.05, 0) is 49.1 Å². The van der Waals surface area contributed by atoms with E-state index in [0.29, 0.717) is 19.1 Å². The van der Waals surface area contributed by atoms with Crippen molar-refractivity contribution in [3.05, 3.63) is 28.7 Å². The third-order valence-electron chi connectivity index (χ3n) is 5.92. The average Bonchev–Trinajstić information content (AvgIpc) is 3.40. The van der Waals surface area contributed by atoms with E-state index in [9.17, 15) is 13.2 Å². The second-order valence-electron chi connectivity index (χ2n) is 7.87. The molecule has 2 amide bonds. The van der Waals surface area contributed by atoms with E-state index in [1.807, 2.05) is 0 Å². The van der Waals surface area contributed by atoms with Crippen LogP contribution in [0.25, 0.3) is 0 Å². The van der Waals surface area contributed by atoms with Crippen LogP contribution < -0.4 is 14.8 Å². The molecule has 10 heteroatoms. The topological polar surface area (TPSA) is 115 Å². The SMILES string of the molecule is C[C@@H]1CCc2c1nc1c(c2NC(=O)NS(=O)(=O)c2cnn3c2OCCC3)CCC1. The van der Waals surface area contributed by atoms with Crippen molar-refractivity contribution in [1.29, 1.82) is 0 Å². The maximum absolute atomic E-state index is 12.8. The number of nitrogens with one attached hydrogen (secondary N) is 2. The van der Waals surface area contributed by atoms with Gasteiger partial charge in [0.25, 0.3) is 10.0 Å². The molecule has 0 aromatic carbocycles. The van der Waals surface area contributed by atoms with E-state index in [0.717, 1.165) is 66.7 Å². The highest BCUT2D eigenvalue weighted by Gasteiger charge is 2.32. The Labute approximate surface area is 168 Å². The number of sulfonamides is 1. The van der Waals surface area contributed by atoms with Crippen LogP contribution in [0.4, 0.5) is 10.5 Å². The highest BCUT2D eigenvalue weighted by atomic mass is 32.2. The van der Waals surface area contributed by atoms with Gasteiger partial charge in [-0.2, -0.15) is 5.10 Å². The molecule has 2 aromatic rings. The molecule has 2 N–H and O–H groups in total. The minimum atomic E-state index is -4.10.